The van der Waals surface area contributed by atoms with Gasteiger partial charge in [-0.15, -0.1) is 0 Å². The largest absolute Gasteiger partial charge is 0.372 e. The number of ether oxygens (including phenoxy) is 1. The topological polar surface area (TPSA) is 80.2 Å². The highest BCUT2D eigenvalue weighted by atomic mass is 16.5. The summed E-state index contributed by atoms with van der Waals surface area (Å²) in [5, 5.41) is 2.78. The first-order valence-electron chi connectivity index (χ1n) is 7.97. The minimum Gasteiger partial charge on any atom is -0.372 e. The molecule has 0 unspecified atom stereocenters. The van der Waals surface area contributed by atoms with E-state index in [0.29, 0.717) is 5.69 Å². The Morgan fingerprint density at radius 3 is 2.46 bits per heavy atom. The molecule has 1 aliphatic rings. The summed E-state index contributed by atoms with van der Waals surface area (Å²) in [6, 6.07) is 3.74. The summed E-state index contributed by atoms with van der Waals surface area (Å²) in [5.74, 6) is 0.579. The Morgan fingerprint density at radius 1 is 1.12 bits per heavy atom. The van der Waals surface area contributed by atoms with Crippen LogP contribution >= 0.6 is 0 Å². The van der Waals surface area contributed by atoms with Crippen molar-refractivity contribution in [3.05, 3.63) is 42.1 Å². The summed E-state index contributed by atoms with van der Waals surface area (Å²) in [7, 11) is 0. The number of aryl methyl sites for hydroxylation is 1. The molecule has 0 aromatic carbocycles. The van der Waals surface area contributed by atoms with E-state index in [9.17, 15) is 4.79 Å². The SMILES string of the molecule is Cc1cnc(C(=O)Nc2ccc(N3C[C@H](C)O[C@@H](C)C3)nc2)cn1. The molecule has 0 bridgehead atoms. The highest BCUT2D eigenvalue weighted by Crippen LogP contribution is 2.19. The van der Waals surface area contributed by atoms with Crippen molar-refractivity contribution in [3.63, 3.8) is 0 Å². The Balaban J connectivity index is 1.66. The van der Waals surface area contributed by atoms with E-state index in [1.165, 1.54) is 6.20 Å². The van der Waals surface area contributed by atoms with Gasteiger partial charge in [0.1, 0.15) is 11.5 Å². The molecular weight excluding hydrogens is 306 g/mol. The van der Waals surface area contributed by atoms with Crippen LogP contribution in [0, 0.1) is 6.92 Å². The van der Waals surface area contributed by atoms with Gasteiger partial charge < -0.3 is 15.0 Å². The highest BCUT2D eigenvalue weighted by molar-refractivity contribution is 6.02. The number of hydrogen-bond donors (Lipinski definition) is 1. The van der Waals surface area contributed by atoms with Crippen LogP contribution in [0.1, 0.15) is 30.0 Å². The minimum absolute atomic E-state index is 0.176. The Morgan fingerprint density at radius 2 is 1.88 bits per heavy atom. The van der Waals surface area contributed by atoms with Gasteiger partial charge in [0.15, 0.2) is 0 Å². The van der Waals surface area contributed by atoms with Crippen molar-refractivity contribution in [1.82, 2.24) is 15.0 Å². The van der Waals surface area contributed by atoms with Gasteiger partial charge >= 0.3 is 0 Å². The van der Waals surface area contributed by atoms with Gasteiger partial charge in [0.05, 0.1) is 36.0 Å². The zero-order chi connectivity index (χ0) is 17.1. The van der Waals surface area contributed by atoms with Crippen molar-refractivity contribution in [3.8, 4) is 0 Å². The maximum Gasteiger partial charge on any atom is 0.275 e. The van der Waals surface area contributed by atoms with E-state index in [1.54, 1.807) is 12.4 Å². The van der Waals surface area contributed by atoms with Crippen molar-refractivity contribution in [2.45, 2.75) is 33.0 Å². The number of amides is 1. The van der Waals surface area contributed by atoms with E-state index >= 15 is 0 Å². The standard InChI is InChI=1S/C17H21N5O2/c1-11-6-19-15(8-18-11)17(23)21-14-4-5-16(20-7-14)22-9-12(2)24-13(3)10-22/h4-8,12-13H,9-10H2,1-3H3,(H,21,23)/t12-,13-/m0/s1. The number of nitrogens with zero attached hydrogens (tertiary/aromatic N) is 4. The number of carbonyl (C=O) groups is 1. The molecule has 2 aromatic heterocycles. The summed E-state index contributed by atoms with van der Waals surface area (Å²) in [5.41, 5.74) is 1.67. The monoisotopic (exact) mass is 327 g/mol. The predicted octanol–water partition coefficient (Wildman–Crippen LogP) is 2.05. The van der Waals surface area contributed by atoms with Gasteiger partial charge in [0.2, 0.25) is 0 Å². The molecule has 2 aromatic rings. The second kappa shape index (κ2) is 6.92. The second-order valence-electron chi connectivity index (χ2n) is 6.06. The molecule has 7 heteroatoms. The molecule has 7 nitrogen and oxygen atoms in total. The van der Waals surface area contributed by atoms with Gasteiger partial charge in [-0.2, -0.15) is 0 Å². The first kappa shape index (κ1) is 16.3. The van der Waals surface area contributed by atoms with Gasteiger partial charge in [-0.05, 0) is 32.9 Å². The molecule has 2 atom stereocenters. The fourth-order valence-corrected chi connectivity index (χ4v) is 2.72. The van der Waals surface area contributed by atoms with Crippen LogP contribution in [0.4, 0.5) is 11.5 Å². The van der Waals surface area contributed by atoms with Crippen LogP contribution in [0.3, 0.4) is 0 Å². The maximum absolute atomic E-state index is 12.1. The van der Waals surface area contributed by atoms with Crippen LogP contribution in [0.2, 0.25) is 0 Å². The average Bonchev–Trinajstić information content (AvgIpc) is 2.55. The molecule has 0 spiro atoms. The fourth-order valence-electron chi connectivity index (χ4n) is 2.72. The number of anilines is 2. The molecule has 3 rings (SSSR count). The molecule has 0 radical (unpaired) electrons. The van der Waals surface area contributed by atoms with E-state index in [0.717, 1.165) is 24.6 Å². The van der Waals surface area contributed by atoms with Crippen LogP contribution in [-0.2, 0) is 4.74 Å². The molecule has 1 aliphatic heterocycles. The average molecular weight is 327 g/mol. The molecule has 1 fully saturated rings. The van der Waals surface area contributed by atoms with E-state index < -0.39 is 0 Å². The van der Waals surface area contributed by atoms with Gasteiger partial charge in [-0.3, -0.25) is 9.78 Å². The quantitative estimate of drug-likeness (QED) is 0.929. The maximum atomic E-state index is 12.1. The Bertz CT molecular complexity index is 692. The molecule has 3 heterocycles. The van der Waals surface area contributed by atoms with E-state index in [1.807, 2.05) is 19.1 Å². The first-order chi connectivity index (χ1) is 11.5. The lowest BCUT2D eigenvalue weighted by Gasteiger charge is -2.36. The number of morpholine rings is 1. The number of pyridine rings is 1. The lowest BCUT2D eigenvalue weighted by molar-refractivity contribution is -0.00545. The Kier molecular flexibility index (Phi) is 4.71. The highest BCUT2D eigenvalue weighted by Gasteiger charge is 2.23. The third-order valence-electron chi connectivity index (χ3n) is 3.76. The van der Waals surface area contributed by atoms with Gasteiger partial charge in [-0.25, -0.2) is 9.97 Å². The van der Waals surface area contributed by atoms with Gasteiger partial charge in [0.25, 0.3) is 5.91 Å². The molecule has 0 saturated carbocycles. The lowest BCUT2D eigenvalue weighted by Crippen LogP contribution is -2.45. The van der Waals surface area contributed by atoms with Crippen molar-refractivity contribution < 1.29 is 9.53 Å². The number of nitrogens with one attached hydrogen (secondary N) is 1. The van der Waals surface area contributed by atoms with Crippen LogP contribution in [0.25, 0.3) is 0 Å². The van der Waals surface area contributed by atoms with Crippen LogP contribution in [-0.4, -0.2) is 46.2 Å². The Labute approximate surface area is 141 Å². The molecule has 0 aliphatic carbocycles. The number of carbonyl (C=O) groups excluding carboxylic acids is 1. The number of aromatic nitrogens is 3. The Hall–Kier alpha value is -2.54. The third kappa shape index (κ3) is 3.86. The molecule has 126 valence electrons. The predicted molar refractivity (Wildman–Crippen MR) is 91.2 cm³/mol. The van der Waals surface area contributed by atoms with Gasteiger partial charge in [0, 0.05) is 19.3 Å². The zero-order valence-electron chi connectivity index (χ0n) is 14.1. The molecule has 1 amide bonds. The third-order valence-corrected chi connectivity index (χ3v) is 3.76. The molecule has 1 saturated heterocycles. The molecule has 24 heavy (non-hydrogen) atoms. The van der Waals surface area contributed by atoms with Crippen molar-refractivity contribution in [2.75, 3.05) is 23.3 Å². The summed E-state index contributed by atoms with van der Waals surface area (Å²) in [6.45, 7) is 7.55. The number of rotatable bonds is 3. The lowest BCUT2D eigenvalue weighted by atomic mass is 10.2. The van der Waals surface area contributed by atoms with Crippen molar-refractivity contribution in [2.24, 2.45) is 0 Å². The minimum atomic E-state index is -0.300. The second-order valence-corrected chi connectivity index (χ2v) is 6.06. The fraction of sp³-hybridized carbons (Fsp3) is 0.412. The van der Waals surface area contributed by atoms with Crippen molar-refractivity contribution in [1.29, 1.82) is 0 Å². The summed E-state index contributed by atoms with van der Waals surface area (Å²) >= 11 is 0. The molecular formula is C17H21N5O2. The van der Waals surface area contributed by atoms with Crippen LogP contribution in [0.15, 0.2) is 30.7 Å². The summed E-state index contributed by atoms with van der Waals surface area (Å²) < 4.78 is 5.73. The normalized spacial score (nSPS) is 20.7. The van der Waals surface area contributed by atoms with Crippen LogP contribution in [0.5, 0.6) is 0 Å². The number of hydrogen-bond acceptors (Lipinski definition) is 6. The first-order valence-corrected chi connectivity index (χ1v) is 7.97. The van der Waals surface area contributed by atoms with Crippen LogP contribution < -0.4 is 10.2 Å². The van der Waals surface area contributed by atoms with E-state index in [2.05, 4.69) is 39.0 Å². The summed E-state index contributed by atoms with van der Waals surface area (Å²) in [6.07, 6.45) is 5.03. The molecule has 1 N–H and O–H groups in total. The smallest absolute Gasteiger partial charge is 0.275 e. The van der Waals surface area contributed by atoms with Crippen molar-refractivity contribution >= 4 is 17.4 Å². The van der Waals surface area contributed by atoms with E-state index in [-0.39, 0.29) is 23.8 Å². The zero-order valence-corrected chi connectivity index (χ0v) is 14.1. The summed E-state index contributed by atoms with van der Waals surface area (Å²) in [4.78, 5) is 26.9. The van der Waals surface area contributed by atoms with Gasteiger partial charge in [-0.1, -0.05) is 0 Å². The van der Waals surface area contributed by atoms with E-state index in [4.69, 9.17) is 4.74 Å².